The summed E-state index contributed by atoms with van der Waals surface area (Å²) in [6, 6.07) is 10.3. The van der Waals surface area contributed by atoms with E-state index in [1.807, 2.05) is 6.92 Å². The minimum atomic E-state index is -0.600. The SMILES string of the molecule is C#CCOc1ccc(Br)cc1/C=C1\C(=O)NC(=S)N(c2ccc(C)c(Cl)c2)C1=O. The molecule has 0 saturated carbocycles. The van der Waals surface area contributed by atoms with Crippen molar-refractivity contribution in [3.8, 4) is 18.1 Å². The molecule has 1 N–H and O–H groups in total. The molecular formula is C21H14BrClN2O3S. The van der Waals surface area contributed by atoms with Crippen LogP contribution in [0.3, 0.4) is 0 Å². The molecule has 1 aliphatic heterocycles. The number of benzene rings is 2. The number of nitrogens with zero attached hydrogens (tertiary/aromatic N) is 1. The molecule has 2 amide bonds. The minimum Gasteiger partial charge on any atom is -0.480 e. The molecule has 0 unspecified atom stereocenters. The molecule has 1 heterocycles. The molecular weight excluding hydrogens is 476 g/mol. The highest BCUT2D eigenvalue weighted by atomic mass is 79.9. The Hall–Kier alpha value is -2.66. The number of carbonyl (C=O) groups is 2. The number of nitrogens with one attached hydrogen (secondary N) is 1. The number of terminal acetylenes is 1. The first-order valence-electron chi connectivity index (χ1n) is 8.35. The fourth-order valence-corrected chi connectivity index (χ4v) is 3.49. The Morgan fingerprint density at radius 1 is 1.31 bits per heavy atom. The van der Waals surface area contributed by atoms with E-state index in [0.717, 1.165) is 10.0 Å². The molecule has 1 saturated heterocycles. The summed E-state index contributed by atoms with van der Waals surface area (Å²) in [6.45, 7) is 1.90. The van der Waals surface area contributed by atoms with E-state index in [-0.39, 0.29) is 17.3 Å². The molecule has 29 heavy (non-hydrogen) atoms. The first-order chi connectivity index (χ1) is 13.8. The molecule has 1 aliphatic rings. The number of hydrogen-bond acceptors (Lipinski definition) is 4. The van der Waals surface area contributed by atoms with Crippen molar-refractivity contribution in [2.45, 2.75) is 6.92 Å². The molecule has 146 valence electrons. The number of amides is 2. The summed E-state index contributed by atoms with van der Waals surface area (Å²) in [5.41, 5.74) is 1.73. The van der Waals surface area contributed by atoms with Gasteiger partial charge in [0.25, 0.3) is 11.8 Å². The second kappa shape index (κ2) is 8.78. The van der Waals surface area contributed by atoms with Gasteiger partial charge in [0, 0.05) is 15.1 Å². The topological polar surface area (TPSA) is 58.6 Å². The van der Waals surface area contributed by atoms with Crippen LogP contribution in [0.1, 0.15) is 11.1 Å². The molecule has 2 aromatic rings. The second-order valence-electron chi connectivity index (χ2n) is 6.07. The molecule has 2 aromatic carbocycles. The van der Waals surface area contributed by atoms with Crippen molar-refractivity contribution < 1.29 is 14.3 Å². The standard InChI is InChI=1S/C21H14BrClN2O3S/c1-3-8-28-18-7-5-14(22)9-13(18)10-16-19(26)24-21(29)25(20(16)27)15-6-4-12(2)17(23)11-15/h1,4-7,9-11H,8H2,2H3,(H,24,26,29)/b16-10+. The van der Waals surface area contributed by atoms with Crippen molar-refractivity contribution in [1.82, 2.24) is 5.32 Å². The van der Waals surface area contributed by atoms with Gasteiger partial charge >= 0.3 is 0 Å². The van der Waals surface area contributed by atoms with Gasteiger partial charge in [-0.05, 0) is 61.1 Å². The van der Waals surface area contributed by atoms with Gasteiger partial charge in [0.05, 0.1) is 5.69 Å². The van der Waals surface area contributed by atoms with Crippen LogP contribution in [0.5, 0.6) is 5.75 Å². The van der Waals surface area contributed by atoms with E-state index in [1.165, 1.54) is 11.0 Å². The molecule has 0 atom stereocenters. The van der Waals surface area contributed by atoms with Gasteiger partial charge in [0.1, 0.15) is 17.9 Å². The molecule has 3 rings (SSSR count). The second-order valence-corrected chi connectivity index (χ2v) is 7.78. The van der Waals surface area contributed by atoms with Gasteiger partial charge in [-0.2, -0.15) is 0 Å². The van der Waals surface area contributed by atoms with Crippen LogP contribution in [0.2, 0.25) is 5.02 Å². The van der Waals surface area contributed by atoms with Crippen LogP contribution in [0, 0.1) is 19.3 Å². The molecule has 1 fully saturated rings. The van der Waals surface area contributed by atoms with Gasteiger partial charge in [0.2, 0.25) is 0 Å². The zero-order valence-corrected chi connectivity index (χ0v) is 18.3. The van der Waals surface area contributed by atoms with E-state index in [2.05, 4.69) is 27.2 Å². The number of carbonyl (C=O) groups excluding carboxylic acids is 2. The van der Waals surface area contributed by atoms with E-state index in [0.29, 0.717) is 22.0 Å². The first-order valence-corrected chi connectivity index (χ1v) is 9.93. The fourth-order valence-electron chi connectivity index (χ4n) is 2.65. The maximum atomic E-state index is 13.1. The Labute approximate surface area is 186 Å². The van der Waals surface area contributed by atoms with Gasteiger partial charge in [-0.1, -0.05) is 39.5 Å². The van der Waals surface area contributed by atoms with Crippen LogP contribution in [-0.2, 0) is 9.59 Å². The Bertz CT molecular complexity index is 1110. The highest BCUT2D eigenvalue weighted by molar-refractivity contribution is 9.10. The summed E-state index contributed by atoms with van der Waals surface area (Å²) in [5.74, 6) is 1.66. The van der Waals surface area contributed by atoms with Gasteiger partial charge in [-0.25, -0.2) is 0 Å². The summed E-state index contributed by atoms with van der Waals surface area (Å²) < 4.78 is 6.26. The zero-order chi connectivity index (χ0) is 21.1. The number of thiocarbonyl (C=S) groups is 1. The average Bonchev–Trinajstić information content (AvgIpc) is 2.67. The highest BCUT2D eigenvalue weighted by Gasteiger charge is 2.34. The molecule has 5 nitrogen and oxygen atoms in total. The lowest BCUT2D eigenvalue weighted by molar-refractivity contribution is -0.122. The number of halogens is 2. The van der Waals surface area contributed by atoms with Crippen LogP contribution in [0.4, 0.5) is 5.69 Å². The normalized spacial score (nSPS) is 15.3. The monoisotopic (exact) mass is 488 g/mol. The van der Waals surface area contributed by atoms with Gasteiger partial charge in [-0.3, -0.25) is 19.8 Å². The van der Waals surface area contributed by atoms with Crippen molar-refractivity contribution in [2.75, 3.05) is 11.5 Å². The number of anilines is 1. The van der Waals surface area contributed by atoms with E-state index in [4.69, 9.17) is 35.0 Å². The molecule has 0 aliphatic carbocycles. The number of ether oxygens (including phenoxy) is 1. The zero-order valence-electron chi connectivity index (χ0n) is 15.2. The van der Waals surface area contributed by atoms with Crippen molar-refractivity contribution in [3.05, 3.63) is 62.6 Å². The lowest BCUT2D eigenvalue weighted by Crippen LogP contribution is -2.54. The van der Waals surface area contributed by atoms with Gasteiger partial charge in [0.15, 0.2) is 5.11 Å². The Morgan fingerprint density at radius 2 is 2.07 bits per heavy atom. The molecule has 0 aromatic heterocycles. The fraction of sp³-hybridized carbons (Fsp3) is 0.0952. The highest BCUT2D eigenvalue weighted by Crippen LogP contribution is 2.29. The van der Waals surface area contributed by atoms with Crippen LogP contribution >= 0.6 is 39.7 Å². The van der Waals surface area contributed by atoms with Crippen molar-refractivity contribution in [1.29, 1.82) is 0 Å². The van der Waals surface area contributed by atoms with Crippen molar-refractivity contribution in [3.63, 3.8) is 0 Å². The summed E-state index contributed by atoms with van der Waals surface area (Å²) in [7, 11) is 0. The number of hydrogen-bond donors (Lipinski definition) is 1. The Morgan fingerprint density at radius 3 is 2.76 bits per heavy atom. The summed E-state index contributed by atoms with van der Waals surface area (Å²) in [4.78, 5) is 26.9. The van der Waals surface area contributed by atoms with E-state index >= 15 is 0 Å². The lowest BCUT2D eigenvalue weighted by Gasteiger charge is -2.29. The number of rotatable bonds is 4. The van der Waals surface area contributed by atoms with Gasteiger partial charge in [-0.15, -0.1) is 6.42 Å². The maximum absolute atomic E-state index is 13.1. The third kappa shape index (κ3) is 4.51. The van der Waals surface area contributed by atoms with E-state index < -0.39 is 11.8 Å². The lowest BCUT2D eigenvalue weighted by atomic mass is 10.1. The summed E-state index contributed by atoms with van der Waals surface area (Å²) >= 11 is 14.8. The smallest absolute Gasteiger partial charge is 0.270 e. The van der Waals surface area contributed by atoms with Crippen molar-refractivity contribution >= 4 is 68.4 Å². The molecule has 0 spiro atoms. The maximum Gasteiger partial charge on any atom is 0.270 e. The predicted molar refractivity (Wildman–Crippen MR) is 121 cm³/mol. The average molecular weight is 490 g/mol. The van der Waals surface area contributed by atoms with Crippen LogP contribution in [-0.4, -0.2) is 23.5 Å². The van der Waals surface area contributed by atoms with Crippen molar-refractivity contribution in [2.24, 2.45) is 0 Å². The first kappa shape index (κ1) is 21.1. The third-order valence-corrected chi connectivity index (χ3v) is 5.28. The molecule has 8 heteroatoms. The molecule has 0 bridgehead atoms. The van der Waals surface area contributed by atoms with Crippen LogP contribution < -0.4 is 15.0 Å². The van der Waals surface area contributed by atoms with E-state index in [1.54, 1.807) is 36.4 Å². The summed E-state index contributed by atoms with van der Waals surface area (Å²) in [6.07, 6.45) is 6.70. The Balaban J connectivity index is 2.05. The Kier molecular flexibility index (Phi) is 6.38. The summed E-state index contributed by atoms with van der Waals surface area (Å²) in [5, 5.41) is 3.01. The predicted octanol–water partition coefficient (Wildman–Crippen LogP) is 4.25. The van der Waals surface area contributed by atoms with E-state index in [9.17, 15) is 9.59 Å². The van der Waals surface area contributed by atoms with Gasteiger partial charge < -0.3 is 4.74 Å². The minimum absolute atomic E-state index is 0.0184. The van der Waals surface area contributed by atoms with Crippen LogP contribution in [0.25, 0.3) is 6.08 Å². The van der Waals surface area contributed by atoms with Crippen LogP contribution in [0.15, 0.2) is 46.4 Å². The molecule has 0 radical (unpaired) electrons. The largest absolute Gasteiger partial charge is 0.480 e. The number of aryl methyl sites for hydroxylation is 1. The third-order valence-electron chi connectivity index (χ3n) is 4.10. The quantitative estimate of drug-likeness (QED) is 0.302.